The number of nitrogens with zero attached hydrogens (tertiary/aromatic N) is 3. The third-order valence-corrected chi connectivity index (χ3v) is 2.87. The zero-order valence-electron chi connectivity index (χ0n) is 10.6. The Balaban J connectivity index is 2.84. The van der Waals surface area contributed by atoms with Crippen LogP contribution in [0.25, 0.3) is 0 Å². The maximum atomic E-state index is 5.89. The topological polar surface area (TPSA) is 68.2 Å². The zero-order valence-corrected chi connectivity index (χ0v) is 10.6. The van der Waals surface area contributed by atoms with Gasteiger partial charge in [-0.25, -0.2) is 0 Å². The first-order chi connectivity index (χ1) is 7.63. The van der Waals surface area contributed by atoms with Crippen LogP contribution in [0.15, 0.2) is 4.52 Å². The lowest BCUT2D eigenvalue weighted by Gasteiger charge is -2.15. The molecule has 5 nitrogen and oxygen atoms in total. The van der Waals surface area contributed by atoms with Gasteiger partial charge >= 0.3 is 0 Å². The van der Waals surface area contributed by atoms with Crippen LogP contribution < -0.4 is 10.6 Å². The second-order valence-corrected chi connectivity index (χ2v) is 3.98. The molecule has 2 atom stereocenters. The van der Waals surface area contributed by atoms with E-state index in [1.165, 1.54) is 0 Å². The van der Waals surface area contributed by atoms with E-state index in [-0.39, 0.29) is 12.0 Å². The summed E-state index contributed by atoms with van der Waals surface area (Å²) in [5.74, 6) is 1.47. The van der Waals surface area contributed by atoms with Crippen molar-refractivity contribution in [3.05, 3.63) is 5.89 Å². The average molecular weight is 226 g/mol. The molecule has 92 valence electrons. The van der Waals surface area contributed by atoms with Crippen LogP contribution in [0.2, 0.25) is 0 Å². The largest absolute Gasteiger partial charge is 0.339 e. The molecule has 0 bridgehead atoms. The van der Waals surface area contributed by atoms with E-state index in [2.05, 4.69) is 35.8 Å². The Bertz CT molecular complexity index is 307. The summed E-state index contributed by atoms with van der Waals surface area (Å²) < 4.78 is 5.28. The first-order valence-electron chi connectivity index (χ1n) is 5.98. The van der Waals surface area contributed by atoms with Crippen molar-refractivity contribution in [2.45, 2.75) is 46.1 Å². The Labute approximate surface area is 97.0 Å². The van der Waals surface area contributed by atoms with E-state index in [9.17, 15) is 0 Å². The Kier molecular flexibility index (Phi) is 4.73. The lowest BCUT2D eigenvalue weighted by atomic mass is 9.99. The zero-order chi connectivity index (χ0) is 12.1. The molecule has 1 rings (SSSR count). The van der Waals surface area contributed by atoms with Crippen LogP contribution in [0.3, 0.4) is 0 Å². The third kappa shape index (κ3) is 2.72. The summed E-state index contributed by atoms with van der Waals surface area (Å²) in [5, 5.41) is 3.99. The minimum absolute atomic E-state index is 0.0370. The van der Waals surface area contributed by atoms with Crippen molar-refractivity contribution >= 4 is 5.95 Å². The molecule has 1 aromatic heterocycles. The monoisotopic (exact) mass is 226 g/mol. The lowest BCUT2D eigenvalue weighted by Crippen LogP contribution is -2.25. The highest BCUT2D eigenvalue weighted by Crippen LogP contribution is 2.22. The van der Waals surface area contributed by atoms with Crippen molar-refractivity contribution in [3.63, 3.8) is 0 Å². The van der Waals surface area contributed by atoms with E-state index in [1.54, 1.807) is 0 Å². The fourth-order valence-corrected chi connectivity index (χ4v) is 1.78. The minimum Gasteiger partial charge on any atom is -0.339 e. The van der Waals surface area contributed by atoms with Crippen LogP contribution in [0.4, 0.5) is 5.95 Å². The summed E-state index contributed by atoms with van der Waals surface area (Å²) in [6, 6.07) is 0.0370. The van der Waals surface area contributed by atoms with Gasteiger partial charge in [-0.2, -0.15) is 4.98 Å². The molecule has 0 saturated heterocycles. The Hall–Kier alpha value is -1.10. The molecule has 1 heterocycles. The van der Waals surface area contributed by atoms with Crippen molar-refractivity contribution in [1.29, 1.82) is 0 Å². The molecule has 0 fully saturated rings. The molecule has 0 saturated carbocycles. The van der Waals surface area contributed by atoms with E-state index in [4.69, 9.17) is 10.3 Å². The molecule has 0 aromatic carbocycles. The standard InChI is InChI=1S/C11H22N4O/c1-5-9(8(4)12)10-13-11(14-16-10)15(6-2)7-3/h8-9H,5-7,12H2,1-4H3. The fraction of sp³-hybridized carbons (Fsp3) is 0.818. The normalized spacial score (nSPS) is 14.8. The SMILES string of the molecule is CCC(c1nc(N(CC)CC)no1)C(C)N. The van der Waals surface area contributed by atoms with Crippen molar-refractivity contribution in [1.82, 2.24) is 10.1 Å². The number of anilines is 1. The van der Waals surface area contributed by atoms with Gasteiger partial charge in [0.1, 0.15) is 0 Å². The van der Waals surface area contributed by atoms with Crippen LogP contribution in [-0.2, 0) is 0 Å². The minimum atomic E-state index is 0.0370. The fourth-order valence-electron chi connectivity index (χ4n) is 1.78. The molecule has 0 aliphatic rings. The van der Waals surface area contributed by atoms with Gasteiger partial charge in [0.05, 0.1) is 5.92 Å². The molecule has 0 radical (unpaired) electrons. The van der Waals surface area contributed by atoms with Gasteiger partial charge in [0.15, 0.2) is 0 Å². The van der Waals surface area contributed by atoms with Gasteiger partial charge < -0.3 is 15.2 Å². The summed E-state index contributed by atoms with van der Waals surface area (Å²) in [4.78, 5) is 6.47. The van der Waals surface area contributed by atoms with Gasteiger partial charge in [-0.3, -0.25) is 0 Å². The Morgan fingerprint density at radius 3 is 2.38 bits per heavy atom. The highest BCUT2D eigenvalue weighted by atomic mass is 16.5. The Morgan fingerprint density at radius 2 is 1.94 bits per heavy atom. The van der Waals surface area contributed by atoms with E-state index < -0.39 is 0 Å². The number of nitrogens with two attached hydrogens (primary N) is 1. The summed E-state index contributed by atoms with van der Waals surface area (Å²) in [7, 11) is 0. The van der Waals surface area contributed by atoms with Crippen molar-refractivity contribution in [2.24, 2.45) is 5.73 Å². The molecular formula is C11H22N4O. The Morgan fingerprint density at radius 1 is 1.31 bits per heavy atom. The van der Waals surface area contributed by atoms with E-state index >= 15 is 0 Å². The van der Waals surface area contributed by atoms with Gasteiger partial charge in [-0.15, -0.1) is 0 Å². The number of aromatic nitrogens is 2. The predicted octanol–water partition coefficient (Wildman–Crippen LogP) is 1.76. The molecule has 1 aromatic rings. The van der Waals surface area contributed by atoms with Crippen molar-refractivity contribution in [2.75, 3.05) is 18.0 Å². The summed E-state index contributed by atoms with van der Waals surface area (Å²) in [6.45, 7) is 9.95. The molecule has 0 aliphatic carbocycles. The first kappa shape index (κ1) is 13.0. The maximum absolute atomic E-state index is 5.89. The van der Waals surface area contributed by atoms with E-state index in [0.717, 1.165) is 19.5 Å². The van der Waals surface area contributed by atoms with Gasteiger partial charge in [-0.1, -0.05) is 6.92 Å². The predicted molar refractivity (Wildman–Crippen MR) is 64.5 cm³/mol. The number of hydrogen-bond donors (Lipinski definition) is 1. The molecule has 0 amide bonds. The van der Waals surface area contributed by atoms with Crippen molar-refractivity contribution < 1.29 is 4.52 Å². The molecule has 0 aliphatic heterocycles. The highest BCUT2D eigenvalue weighted by molar-refractivity contribution is 5.27. The summed E-state index contributed by atoms with van der Waals surface area (Å²) in [5.41, 5.74) is 5.89. The molecule has 5 heteroatoms. The van der Waals surface area contributed by atoms with Crippen LogP contribution >= 0.6 is 0 Å². The van der Waals surface area contributed by atoms with Gasteiger partial charge in [-0.05, 0) is 32.3 Å². The molecule has 16 heavy (non-hydrogen) atoms. The van der Waals surface area contributed by atoms with E-state index in [0.29, 0.717) is 11.8 Å². The quantitative estimate of drug-likeness (QED) is 0.800. The number of rotatable bonds is 6. The van der Waals surface area contributed by atoms with Crippen LogP contribution in [0.5, 0.6) is 0 Å². The molecule has 2 unspecified atom stereocenters. The van der Waals surface area contributed by atoms with Crippen LogP contribution in [0, 0.1) is 0 Å². The van der Waals surface area contributed by atoms with Gasteiger partial charge in [0.25, 0.3) is 5.95 Å². The summed E-state index contributed by atoms with van der Waals surface area (Å²) >= 11 is 0. The maximum Gasteiger partial charge on any atom is 0.266 e. The molecule has 2 N–H and O–H groups in total. The lowest BCUT2D eigenvalue weighted by molar-refractivity contribution is 0.333. The second-order valence-electron chi connectivity index (χ2n) is 3.98. The van der Waals surface area contributed by atoms with Gasteiger partial charge in [0, 0.05) is 19.1 Å². The van der Waals surface area contributed by atoms with Crippen LogP contribution in [0.1, 0.15) is 45.9 Å². The van der Waals surface area contributed by atoms with Crippen LogP contribution in [-0.4, -0.2) is 29.3 Å². The third-order valence-electron chi connectivity index (χ3n) is 2.87. The second kappa shape index (κ2) is 5.84. The van der Waals surface area contributed by atoms with Crippen molar-refractivity contribution in [3.8, 4) is 0 Å². The molecule has 0 spiro atoms. The van der Waals surface area contributed by atoms with Gasteiger partial charge in [0.2, 0.25) is 5.89 Å². The average Bonchev–Trinajstić information content (AvgIpc) is 2.70. The number of hydrogen-bond acceptors (Lipinski definition) is 5. The van der Waals surface area contributed by atoms with E-state index in [1.807, 2.05) is 6.92 Å². The summed E-state index contributed by atoms with van der Waals surface area (Å²) in [6.07, 6.45) is 0.914. The smallest absolute Gasteiger partial charge is 0.266 e. The highest BCUT2D eigenvalue weighted by Gasteiger charge is 2.22. The first-order valence-corrected chi connectivity index (χ1v) is 5.98. The molecular weight excluding hydrogens is 204 g/mol.